The monoisotopic (exact) mass is 292 g/mol. The summed E-state index contributed by atoms with van der Waals surface area (Å²) < 4.78 is 2.73. The Morgan fingerprint density at radius 3 is 2.14 bits per heavy atom. The second-order valence-corrected chi connectivity index (χ2v) is 5.33. The van der Waals surface area contributed by atoms with E-state index >= 15 is 0 Å². The van der Waals surface area contributed by atoms with Gasteiger partial charge in [0.25, 0.3) is 0 Å². The Kier molecular flexibility index (Phi) is 17.5. The van der Waals surface area contributed by atoms with Crippen LogP contribution in [0.15, 0.2) is 22.5 Å². The minimum Gasteiger partial charge on any atom is -1.00 e. The van der Waals surface area contributed by atoms with Crippen LogP contribution in [-0.2, 0) is 16.3 Å². The van der Waals surface area contributed by atoms with Gasteiger partial charge in [0.2, 0.25) is 0 Å². The van der Waals surface area contributed by atoms with Gasteiger partial charge in [0, 0.05) is 0 Å². The molecule has 0 nitrogen and oxygen atoms in total. The van der Waals surface area contributed by atoms with Gasteiger partial charge in [0.05, 0.1) is 0 Å². The number of rotatable bonds is 4. The van der Waals surface area contributed by atoms with Crippen molar-refractivity contribution >= 4 is 0 Å². The maximum absolute atomic E-state index is 2.32. The Morgan fingerprint density at radius 2 is 1.79 bits per heavy atom. The molecule has 0 saturated carbocycles. The largest absolute Gasteiger partial charge is 1.00 e. The van der Waals surface area contributed by atoms with Gasteiger partial charge in [-0.1, -0.05) is 0 Å². The van der Waals surface area contributed by atoms with E-state index in [9.17, 15) is 0 Å². The molecule has 1 aliphatic carbocycles. The van der Waals surface area contributed by atoms with Gasteiger partial charge in [-0.3, -0.25) is 0 Å². The first-order valence-electron chi connectivity index (χ1n) is 4.43. The standard InChI is InChI=1S/C5H5.C5H11.3ClH.V/c1-2-4-5-3-1;1-3-5-4-2;;;;/h1-3H,4H2;5H,3-4H2,1-2H3;3*1H;/q;;;;;+3/p-3. The molecule has 0 radical (unpaired) electrons. The van der Waals surface area contributed by atoms with Crippen LogP contribution >= 0.6 is 0 Å². The fourth-order valence-corrected chi connectivity index (χ4v) is 3.14. The summed E-state index contributed by atoms with van der Waals surface area (Å²) in [4.78, 5) is 0. The van der Waals surface area contributed by atoms with Crippen LogP contribution in [0.3, 0.4) is 0 Å². The third-order valence-corrected chi connectivity index (χ3v) is 4.79. The molecule has 1 rings (SSSR count). The molecule has 0 spiro atoms. The molecule has 0 unspecified atom stereocenters. The molecule has 0 amide bonds. The number of hydrogen-bond acceptors (Lipinski definition) is 0. The molecule has 0 aromatic rings. The molecule has 0 N–H and O–H groups in total. The van der Waals surface area contributed by atoms with Gasteiger partial charge in [-0.25, -0.2) is 0 Å². The predicted molar refractivity (Wildman–Crippen MR) is 46.2 cm³/mol. The van der Waals surface area contributed by atoms with Crippen molar-refractivity contribution in [2.24, 2.45) is 0 Å². The molecular formula is C10H16Cl3V. The van der Waals surface area contributed by atoms with Gasteiger partial charge in [-0.2, -0.15) is 0 Å². The van der Waals surface area contributed by atoms with E-state index in [1.165, 1.54) is 19.3 Å². The number of halogens is 3. The molecule has 1 aliphatic rings. The molecular weight excluding hydrogens is 277 g/mol. The van der Waals surface area contributed by atoms with Crippen LogP contribution in [0.4, 0.5) is 0 Å². The van der Waals surface area contributed by atoms with Gasteiger partial charge in [0.1, 0.15) is 0 Å². The van der Waals surface area contributed by atoms with E-state index in [-0.39, 0.29) is 37.2 Å². The zero-order valence-corrected chi connectivity index (χ0v) is 12.2. The molecule has 14 heavy (non-hydrogen) atoms. The summed E-state index contributed by atoms with van der Waals surface area (Å²) in [5.74, 6) is 0. The van der Waals surface area contributed by atoms with Crippen molar-refractivity contribution in [2.75, 3.05) is 0 Å². The average molecular weight is 294 g/mol. The molecule has 0 heterocycles. The molecule has 0 aromatic heterocycles. The van der Waals surface area contributed by atoms with E-state index in [0.29, 0.717) is 16.3 Å². The van der Waals surface area contributed by atoms with Crippen molar-refractivity contribution in [1.82, 2.24) is 0 Å². The van der Waals surface area contributed by atoms with E-state index in [4.69, 9.17) is 0 Å². The van der Waals surface area contributed by atoms with Gasteiger partial charge >= 0.3 is 76.5 Å². The summed E-state index contributed by atoms with van der Waals surface area (Å²) in [6.07, 6.45) is 10.8. The smallest absolute Gasteiger partial charge is 1.00 e. The van der Waals surface area contributed by atoms with Crippen molar-refractivity contribution in [3.63, 3.8) is 0 Å². The van der Waals surface area contributed by atoms with E-state index in [2.05, 4.69) is 32.1 Å². The average Bonchev–Trinajstić information content (AvgIpc) is 2.52. The van der Waals surface area contributed by atoms with Gasteiger partial charge < -0.3 is 37.2 Å². The van der Waals surface area contributed by atoms with Crippen LogP contribution in [0, 0.1) is 0 Å². The van der Waals surface area contributed by atoms with Crippen molar-refractivity contribution < 1.29 is 53.5 Å². The summed E-state index contributed by atoms with van der Waals surface area (Å²) in [6, 6.07) is 0. The SMILES string of the molecule is CC[CH](CC)[V+3][C]1=CC=CC1.[Cl-].[Cl-].[Cl-]. The number of hydrogen-bond donors (Lipinski definition) is 0. The summed E-state index contributed by atoms with van der Waals surface area (Å²) >= 11 is 0.497. The molecule has 0 fully saturated rings. The topological polar surface area (TPSA) is 0 Å². The van der Waals surface area contributed by atoms with Crippen molar-refractivity contribution in [3.8, 4) is 0 Å². The molecule has 0 bridgehead atoms. The molecule has 0 saturated heterocycles. The molecule has 0 aromatic carbocycles. The van der Waals surface area contributed by atoms with Crippen molar-refractivity contribution in [3.05, 3.63) is 22.5 Å². The summed E-state index contributed by atoms with van der Waals surface area (Å²) in [6.45, 7) is 4.62. The van der Waals surface area contributed by atoms with Gasteiger partial charge in [-0.05, 0) is 0 Å². The van der Waals surface area contributed by atoms with Crippen LogP contribution < -0.4 is 37.2 Å². The maximum Gasteiger partial charge on any atom is -1.00 e. The van der Waals surface area contributed by atoms with Crippen LogP contribution in [-0.4, -0.2) is 0 Å². The van der Waals surface area contributed by atoms with Crippen molar-refractivity contribution in [2.45, 2.75) is 37.7 Å². The third kappa shape index (κ3) is 7.26. The zero-order valence-electron chi connectivity index (χ0n) is 8.51. The molecule has 0 atom stereocenters. The maximum atomic E-state index is 2.32. The normalized spacial score (nSPS) is 12.1. The van der Waals surface area contributed by atoms with Crippen LogP contribution in [0.2, 0.25) is 4.63 Å². The second kappa shape index (κ2) is 12.0. The minimum absolute atomic E-state index is 0. The molecule has 0 aliphatic heterocycles. The summed E-state index contributed by atoms with van der Waals surface area (Å²) in [7, 11) is 0. The van der Waals surface area contributed by atoms with Crippen LogP contribution in [0.1, 0.15) is 33.1 Å². The Hall–Kier alpha value is 0.934. The van der Waals surface area contributed by atoms with E-state index in [1.807, 2.05) is 0 Å². The van der Waals surface area contributed by atoms with E-state index in [1.54, 1.807) is 4.28 Å². The fourth-order valence-electron chi connectivity index (χ4n) is 1.24. The Balaban J connectivity index is -0.000000403. The molecule has 82 valence electrons. The summed E-state index contributed by atoms with van der Waals surface area (Å²) in [5, 5.41) is 0. The van der Waals surface area contributed by atoms with Gasteiger partial charge in [0.15, 0.2) is 0 Å². The predicted octanol–water partition coefficient (Wildman–Crippen LogP) is -5.47. The van der Waals surface area contributed by atoms with E-state index < -0.39 is 0 Å². The Labute approximate surface area is 113 Å². The number of allylic oxidation sites excluding steroid dienone is 4. The Morgan fingerprint density at radius 1 is 1.21 bits per heavy atom. The summed E-state index contributed by atoms with van der Waals surface area (Å²) in [5.41, 5.74) is 0. The first kappa shape index (κ1) is 20.4. The van der Waals surface area contributed by atoms with Crippen LogP contribution in [0.25, 0.3) is 0 Å². The third-order valence-electron chi connectivity index (χ3n) is 2.04. The first-order chi connectivity index (χ1) is 5.36. The quantitative estimate of drug-likeness (QED) is 0.485. The van der Waals surface area contributed by atoms with Crippen molar-refractivity contribution in [1.29, 1.82) is 0 Å². The second-order valence-electron chi connectivity index (χ2n) is 2.89. The fraction of sp³-hybridized carbons (Fsp3) is 0.600. The Bertz CT molecular complexity index is 174. The molecule has 4 heteroatoms. The van der Waals surface area contributed by atoms with E-state index in [0.717, 1.165) is 4.63 Å². The van der Waals surface area contributed by atoms with Gasteiger partial charge in [-0.15, -0.1) is 0 Å². The first-order valence-corrected chi connectivity index (χ1v) is 5.93. The minimum atomic E-state index is 0. The van der Waals surface area contributed by atoms with Crippen LogP contribution in [0.5, 0.6) is 0 Å². The zero-order chi connectivity index (χ0) is 8.10.